The van der Waals surface area contributed by atoms with Crippen molar-refractivity contribution in [1.29, 1.82) is 0 Å². The Balaban J connectivity index is 2.67. The van der Waals surface area contributed by atoms with Crippen molar-refractivity contribution in [3.8, 4) is 11.5 Å². The van der Waals surface area contributed by atoms with E-state index < -0.39 is 0 Å². The molecule has 1 aromatic carbocycles. The van der Waals surface area contributed by atoms with Crippen LogP contribution in [0.4, 0.5) is 0 Å². The Morgan fingerprint density at radius 2 is 2.06 bits per heavy atom. The van der Waals surface area contributed by atoms with E-state index in [1.165, 1.54) is 0 Å². The summed E-state index contributed by atoms with van der Waals surface area (Å²) in [5.74, 6) is 1.62. The van der Waals surface area contributed by atoms with Crippen molar-refractivity contribution in [3.05, 3.63) is 23.8 Å². The SMILES string of the molecule is COc1ccc(OC)c(CNC[C@H](C)O)c1. The molecule has 0 saturated heterocycles. The first-order valence-corrected chi connectivity index (χ1v) is 5.27. The molecule has 0 amide bonds. The van der Waals surface area contributed by atoms with Gasteiger partial charge in [0.15, 0.2) is 0 Å². The van der Waals surface area contributed by atoms with E-state index in [2.05, 4.69) is 5.32 Å². The number of rotatable bonds is 6. The van der Waals surface area contributed by atoms with Crippen LogP contribution in [0.2, 0.25) is 0 Å². The van der Waals surface area contributed by atoms with E-state index in [4.69, 9.17) is 14.6 Å². The van der Waals surface area contributed by atoms with Gasteiger partial charge in [0.05, 0.1) is 20.3 Å². The Bertz CT molecular complexity index is 326. The number of aliphatic hydroxyl groups excluding tert-OH is 1. The Kier molecular flexibility index (Phi) is 5.08. The molecule has 0 fully saturated rings. The Morgan fingerprint density at radius 3 is 2.62 bits per heavy atom. The molecule has 0 bridgehead atoms. The fourth-order valence-corrected chi connectivity index (χ4v) is 1.44. The predicted octanol–water partition coefficient (Wildman–Crippen LogP) is 1.17. The molecule has 0 aliphatic rings. The van der Waals surface area contributed by atoms with Crippen molar-refractivity contribution >= 4 is 0 Å². The van der Waals surface area contributed by atoms with E-state index in [0.29, 0.717) is 13.1 Å². The summed E-state index contributed by atoms with van der Waals surface area (Å²) in [6.45, 7) is 2.95. The van der Waals surface area contributed by atoms with Gasteiger partial charge in [0.2, 0.25) is 0 Å². The summed E-state index contributed by atoms with van der Waals surface area (Å²) >= 11 is 0. The van der Waals surface area contributed by atoms with Crippen LogP contribution in [0.15, 0.2) is 18.2 Å². The molecular formula is C12H19NO3. The normalized spacial score (nSPS) is 12.2. The molecule has 0 aliphatic carbocycles. The molecule has 0 radical (unpaired) electrons. The van der Waals surface area contributed by atoms with Gasteiger partial charge < -0.3 is 19.9 Å². The van der Waals surface area contributed by atoms with Crippen LogP contribution in [0.25, 0.3) is 0 Å². The molecular weight excluding hydrogens is 206 g/mol. The highest BCUT2D eigenvalue weighted by atomic mass is 16.5. The van der Waals surface area contributed by atoms with Crippen LogP contribution in [0.5, 0.6) is 11.5 Å². The van der Waals surface area contributed by atoms with Crippen molar-refractivity contribution in [2.45, 2.75) is 19.6 Å². The Labute approximate surface area is 96.2 Å². The molecule has 1 rings (SSSR count). The molecule has 1 atom stereocenters. The predicted molar refractivity (Wildman–Crippen MR) is 62.9 cm³/mol. The average Bonchev–Trinajstić information content (AvgIpc) is 2.28. The van der Waals surface area contributed by atoms with Gasteiger partial charge in [-0.25, -0.2) is 0 Å². The second-order valence-electron chi connectivity index (χ2n) is 3.66. The zero-order valence-electron chi connectivity index (χ0n) is 9.99. The lowest BCUT2D eigenvalue weighted by Gasteiger charge is -2.12. The highest BCUT2D eigenvalue weighted by molar-refractivity contribution is 5.40. The average molecular weight is 225 g/mol. The van der Waals surface area contributed by atoms with E-state index in [0.717, 1.165) is 17.1 Å². The van der Waals surface area contributed by atoms with Gasteiger partial charge >= 0.3 is 0 Å². The van der Waals surface area contributed by atoms with Crippen molar-refractivity contribution in [2.24, 2.45) is 0 Å². The molecule has 16 heavy (non-hydrogen) atoms. The third-order valence-electron chi connectivity index (χ3n) is 2.24. The van der Waals surface area contributed by atoms with Gasteiger partial charge in [0, 0.05) is 18.7 Å². The first-order chi connectivity index (χ1) is 7.67. The summed E-state index contributed by atoms with van der Waals surface area (Å²) in [5.41, 5.74) is 1.02. The summed E-state index contributed by atoms with van der Waals surface area (Å²) in [6.07, 6.45) is -0.350. The maximum atomic E-state index is 9.14. The van der Waals surface area contributed by atoms with Gasteiger partial charge in [-0.3, -0.25) is 0 Å². The molecule has 4 nitrogen and oxygen atoms in total. The molecule has 0 spiro atoms. The van der Waals surface area contributed by atoms with Crippen molar-refractivity contribution in [3.63, 3.8) is 0 Å². The van der Waals surface area contributed by atoms with E-state index in [1.54, 1.807) is 21.1 Å². The van der Waals surface area contributed by atoms with Crippen LogP contribution in [-0.4, -0.2) is 32.0 Å². The van der Waals surface area contributed by atoms with E-state index in [9.17, 15) is 0 Å². The Hall–Kier alpha value is -1.26. The smallest absolute Gasteiger partial charge is 0.123 e. The van der Waals surface area contributed by atoms with E-state index in [-0.39, 0.29) is 6.10 Å². The second-order valence-corrected chi connectivity index (χ2v) is 3.66. The zero-order chi connectivity index (χ0) is 12.0. The van der Waals surface area contributed by atoms with Crippen LogP contribution in [0.3, 0.4) is 0 Å². The molecule has 0 saturated carbocycles. The van der Waals surface area contributed by atoms with Crippen molar-refractivity contribution in [2.75, 3.05) is 20.8 Å². The minimum Gasteiger partial charge on any atom is -0.497 e. The number of hydrogen-bond donors (Lipinski definition) is 2. The van der Waals surface area contributed by atoms with Crippen LogP contribution >= 0.6 is 0 Å². The molecule has 4 heteroatoms. The number of methoxy groups -OCH3 is 2. The highest BCUT2D eigenvalue weighted by Gasteiger charge is 2.05. The second kappa shape index (κ2) is 6.35. The van der Waals surface area contributed by atoms with Gasteiger partial charge in [0.1, 0.15) is 11.5 Å². The molecule has 90 valence electrons. The lowest BCUT2D eigenvalue weighted by atomic mass is 10.2. The van der Waals surface area contributed by atoms with Crippen molar-refractivity contribution < 1.29 is 14.6 Å². The molecule has 1 aromatic rings. The third kappa shape index (κ3) is 3.72. The number of aliphatic hydroxyl groups is 1. The number of nitrogens with one attached hydrogen (secondary N) is 1. The lowest BCUT2D eigenvalue weighted by molar-refractivity contribution is 0.191. The van der Waals surface area contributed by atoms with Crippen LogP contribution < -0.4 is 14.8 Å². The number of benzene rings is 1. The molecule has 0 aliphatic heterocycles. The standard InChI is InChI=1S/C12H19NO3/c1-9(14)7-13-8-10-6-11(15-2)4-5-12(10)16-3/h4-6,9,13-14H,7-8H2,1-3H3/t9-/m0/s1. The van der Waals surface area contributed by atoms with Gasteiger partial charge in [-0.1, -0.05) is 0 Å². The van der Waals surface area contributed by atoms with Gasteiger partial charge in [0.25, 0.3) is 0 Å². The van der Waals surface area contributed by atoms with E-state index in [1.807, 2.05) is 18.2 Å². The fourth-order valence-electron chi connectivity index (χ4n) is 1.44. The summed E-state index contributed by atoms with van der Waals surface area (Å²) in [5, 5.41) is 12.3. The first-order valence-electron chi connectivity index (χ1n) is 5.27. The summed E-state index contributed by atoms with van der Waals surface area (Å²) in [4.78, 5) is 0. The quantitative estimate of drug-likeness (QED) is 0.763. The molecule has 0 heterocycles. The third-order valence-corrected chi connectivity index (χ3v) is 2.24. The summed E-state index contributed by atoms with van der Waals surface area (Å²) in [7, 11) is 3.27. The lowest BCUT2D eigenvalue weighted by Crippen LogP contribution is -2.24. The minimum atomic E-state index is -0.350. The van der Waals surface area contributed by atoms with Gasteiger partial charge in [-0.2, -0.15) is 0 Å². The van der Waals surface area contributed by atoms with Crippen LogP contribution in [0.1, 0.15) is 12.5 Å². The molecule has 2 N–H and O–H groups in total. The minimum absolute atomic E-state index is 0.350. The van der Waals surface area contributed by atoms with Gasteiger partial charge in [-0.15, -0.1) is 0 Å². The zero-order valence-corrected chi connectivity index (χ0v) is 9.99. The van der Waals surface area contributed by atoms with Crippen molar-refractivity contribution in [1.82, 2.24) is 5.32 Å². The summed E-state index contributed by atoms with van der Waals surface area (Å²) < 4.78 is 10.4. The summed E-state index contributed by atoms with van der Waals surface area (Å²) in [6, 6.07) is 5.66. The van der Waals surface area contributed by atoms with E-state index >= 15 is 0 Å². The number of ether oxygens (including phenoxy) is 2. The van der Waals surface area contributed by atoms with Gasteiger partial charge in [-0.05, 0) is 25.1 Å². The van der Waals surface area contributed by atoms with Crippen LogP contribution in [0, 0.1) is 0 Å². The topological polar surface area (TPSA) is 50.7 Å². The molecule has 0 aromatic heterocycles. The Morgan fingerprint density at radius 1 is 1.31 bits per heavy atom. The van der Waals surface area contributed by atoms with Crippen LogP contribution in [-0.2, 0) is 6.54 Å². The molecule has 0 unspecified atom stereocenters. The fraction of sp³-hybridized carbons (Fsp3) is 0.500. The largest absolute Gasteiger partial charge is 0.497 e. The monoisotopic (exact) mass is 225 g/mol. The number of hydrogen-bond acceptors (Lipinski definition) is 4. The maximum absolute atomic E-state index is 9.14. The first kappa shape index (κ1) is 12.8. The highest BCUT2D eigenvalue weighted by Crippen LogP contribution is 2.23. The maximum Gasteiger partial charge on any atom is 0.123 e.